The number of hydrogen-bond acceptors (Lipinski definition) is 5. The number of hydrogen-bond donors (Lipinski definition) is 2. The molecule has 1 aliphatic rings. The normalized spacial score (nSPS) is 18.1. The fourth-order valence-electron chi connectivity index (χ4n) is 3.28. The Labute approximate surface area is 143 Å². The Morgan fingerprint density at radius 2 is 2.04 bits per heavy atom. The lowest BCUT2D eigenvalue weighted by molar-refractivity contribution is 0.369. The minimum atomic E-state index is -0.159. The van der Waals surface area contributed by atoms with Crippen molar-refractivity contribution in [2.45, 2.75) is 18.9 Å². The molecule has 3 aromatic rings. The summed E-state index contributed by atoms with van der Waals surface area (Å²) in [5.74, 6) is 0.287. The van der Waals surface area contributed by atoms with Gasteiger partial charge in [-0.1, -0.05) is 11.6 Å². The van der Waals surface area contributed by atoms with Gasteiger partial charge in [-0.25, -0.2) is 14.8 Å². The van der Waals surface area contributed by atoms with Gasteiger partial charge in [-0.2, -0.15) is 0 Å². The SMILES string of the molecule is Nc1ncnc2c1n(-c1ccc(Cl)cc1)c(=O)n2C1CCCNC1. The third-order valence-corrected chi connectivity index (χ3v) is 4.65. The van der Waals surface area contributed by atoms with Crippen molar-refractivity contribution in [2.24, 2.45) is 0 Å². The predicted molar refractivity (Wildman–Crippen MR) is 93.7 cm³/mol. The molecule has 124 valence electrons. The Hall–Kier alpha value is -2.38. The van der Waals surface area contributed by atoms with E-state index < -0.39 is 0 Å². The summed E-state index contributed by atoms with van der Waals surface area (Å²) in [5.41, 5.74) is 7.71. The third-order valence-electron chi connectivity index (χ3n) is 4.40. The van der Waals surface area contributed by atoms with Crippen molar-refractivity contribution in [3.05, 3.63) is 46.1 Å². The minimum absolute atomic E-state index is 0.0524. The minimum Gasteiger partial charge on any atom is -0.382 e. The van der Waals surface area contributed by atoms with Crippen LogP contribution in [-0.2, 0) is 0 Å². The average molecular weight is 345 g/mol. The number of piperidine rings is 1. The Kier molecular flexibility index (Phi) is 3.74. The molecule has 1 saturated heterocycles. The van der Waals surface area contributed by atoms with E-state index in [9.17, 15) is 4.79 Å². The van der Waals surface area contributed by atoms with Crippen LogP contribution in [0.4, 0.5) is 5.82 Å². The fraction of sp³-hybridized carbons (Fsp3) is 0.312. The van der Waals surface area contributed by atoms with Crippen LogP contribution in [0.1, 0.15) is 18.9 Å². The molecule has 1 unspecified atom stereocenters. The first kappa shape index (κ1) is 15.2. The molecule has 0 amide bonds. The van der Waals surface area contributed by atoms with Gasteiger partial charge in [0.25, 0.3) is 0 Å². The van der Waals surface area contributed by atoms with Gasteiger partial charge in [0.2, 0.25) is 0 Å². The van der Waals surface area contributed by atoms with Gasteiger partial charge in [-0.05, 0) is 43.7 Å². The van der Waals surface area contributed by atoms with Crippen LogP contribution in [0.25, 0.3) is 16.9 Å². The van der Waals surface area contributed by atoms with Crippen molar-refractivity contribution in [1.29, 1.82) is 0 Å². The van der Waals surface area contributed by atoms with Crippen LogP contribution in [0, 0.1) is 0 Å². The van der Waals surface area contributed by atoms with Crippen molar-refractivity contribution in [2.75, 3.05) is 18.8 Å². The summed E-state index contributed by atoms with van der Waals surface area (Å²) in [6, 6.07) is 7.12. The van der Waals surface area contributed by atoms with Crippen LogP contribution in [-0.4, -0.2) is 32.2 Å². The number of nitrogens with zero attached hydrogens (tertiary/aromatic N) is 4. The molecule has 1 aromatic carbocycles. The van der Waals surface area contributed by atoms with Gasteiger partial charge >= 0.3 is 5.69 Å². The number of halogens is 1. The van der Waals surface area contributed by atoms with E-state index in [2.05, 4.69) is 15.3 Å². The van der Waals surface area contributed by atoms with Gasteiger partial charge in [-0.3, -0.25) is 9.13 Å². The Bertz CT molecular complexity index is 940. The van der Waals surface area contributed by atoms with Crippen LogP contribution in [0.2, 0.25) is 5.02 Å². The van der Waals surface area contributed by atoms with Gasteiger partial charge in [0.05, 0.1) is 11.7 Å². The van der Waals surface area contributed by atoms with Crippen molar-refractivity contribution >= 4 is 28.6 Å². The van der Waals surface area contributed by atoms with Crippen LogP contribution in [0.15, 0.2) is 35.4 Å². The number of nitrogens with two attached hydrogens (primary N) is 1. The average Bonchev–Trinajstić information content (AvgIpc) is 2.90. The number of benzene rings is 1. The summed E-state index contributed by atoms with van der Waals surface area (Å²) >= 11 is 5.97. The molecule has 24 heavy (non-hydrogen) atoms. The molecule has 3 heterocycles. The molecule has 2 aromatic heterocycles. The Morgan fingerprint density at radius 3 is 2.75 bits per heavy atom. The fourth-order valence-corrected chi connectivity index (χ4v) is 3.41. The largest absolute Gasteiger partial charge is 0.382 e. The van der Waals surface area contributed by atoms with Gasteiger partial charge in [0.15, 0.2) is 11.5 Å². The van der Waals surface area contributed by atoms with Crippen molar-refractivity contribution < 1.29 is 0 Å². The van der Waals surface area contributed by atoms with Crippen LogP contribution < -0.4 is 16.7 Å². The molecule has 0 aliphatic carbocycles. The summed E-state index contributed by atoms with van der Waals surface area (Å²) in [6.07, 6.45) is 3.35. The molecule has 7 nitrogen and oxygen atoms in total. The molecule has 0 spiro atoms. The number of anilines is 1. The monoisotopic (exact) mass is 344 g/mol. The molecule has 1 fully saturated rings. The van der Waals surface area contributed by atoms with E-state index in [0.717, 1.165) is 25.9 Å². The maximum atomic E-state index is 13.2. The summed E-state index contributed by atoms with van der Waals surface area (Å²) in [6.45, 7) is 1.71. The molecule has 1 aliphatic heterocycles. The van der Waals surface area contributed by atoms with Crippen molar-refractivity contribution in [3.63, 3.8) is 0 Å². The zero-order chi connectivity index (χ0) is 16.7. The Balaban J connectivity index is 2.01. The highest BCUT2D eigenvalue weighted by atomic mass is 35.5. The van der Waals surface area contributed by atoms with Crippen molar-refractivity contribution in [3.8, 4) is 5.69 Å². The maximum Gasteiger partial charge on any atom is 0.335 e. The number of rotatable bonds is 2. The van der Waals surface area contributed by atoms with Gasteiger partial charge in [-0.15, -0.1) is 0 Å². The van der Waals surface area contributed by atoms with Crippen LogP contribution >= 0.6 is 11.6 Å². The van der Waals surface area contributed by atoms with E-state index in [4.69, 9.17) is 17.3 Å². The van der Waals surface area contributed by atoms with Crippen molar-refractivity contribution in [1.82, 2.24) is 24.4 Å². The maximum absolute atomic E-state index is 13.2. The Morgan fingerprint density at radius 1 is 1.25 bits per heavy atom. The van der Waals surface area contributed by atoms with E-state index in [1.54, 1.807) is 33.4 Å². The summed E-state index contributed by atoms with van der Waals surface area (Å²) < 4.78 is 3.30. The zero-order valence-corrected chi connectivity index (χ0v) is 13.7. The standard InChI is InChI=1S/C16H17ClN6O/c17-10-3-5-11(6-4-10)22-13-14(18)20-9-21-15(13)23(16(22)24)12-2-1-7-19-8-12/h3-6,9,12,19H,1-2,7-8H2,(H2,18,20,21). The van der Waals surface area contributed by atoms with Crippen LogP contribution in [0.5, 0.6) is 0 Å². The highest BCUT2D eigenvalue weighted by molar-refractivity contribution is 6.30. The van der Waals surface area contributed by atoms with E-state index in [1.807, 2.05) is 0 Å². The molecule has 4 rings (SSSR count). The van der Waals surface area contributed by atoms with Gasteiger partial charge in [0.1, 0.15) is 11.8 Å². The van der Waals surface area contributed by atoms with Crippen LogP contribution in [0.3, 0.4) is 0 Å². The molecule has 3 N–H and O–H groups in total. The summed E-state index contributed by atoms with van der Waals surface area (Å²) in [5, 5.41) is 3.94. The predicted octanol–water partition coefficient (Wildman–Crippen LogP) is 1.74. The first-order chi connectivity index (χ1) is 11.7. The van der Waals surface area contributed by atoms with E-state index >= 15 is 0 Å². The molecular weight excluding hydrogens is 328 g/mol. The molecule has 0 saturated carbocycles. The van der Waals surface area contributed by atoms with E-state index in [-0.39, 0.29) is 17.5 Å². The molecule has 8 heteroatoms. The zero-order valence-electron chi connectivity index (χ0n) is 12.9. The second-order valence-corrected chi connectivity index (χ2v) is 6.33. The number of fused-ring (bicyclic) bond motifs is 1. The molecule has 0 bridgehead atoms. The molecular formula is C16H17ClN6O. The van der Waals surface area contributed by atoms with Gasteiger partial charge in [0, 0.05) is 11.6 Å². The lowest BCUT2D eigenvalue weighted by atomic mass is 10.1. The lowest BCUT2D eigenvalue weighted by Gasteiger charge is -2.23. The smallest absolute Gasteiger partial charge is 0.335 e. The molecule has 0 radical (unpaired) electrons. The summed E-state index contributed by atoms with van der Waals surface area (Å²) in [7, 11) is 0. The second-order valence-electron chi connectivity index (χ2n) is 5.90. The number of nitrogen functional groups attached to an aromatic ring is 1. The van der Waals surface area contributed by atoms with Gasteiger partial charge < -0.3 is 11.1 Å². The lowest BCUT2D eigenvalue weighted by Crippen LogP contribution is -2.36. The number of imidazole rings is 1. The first-order valence-electron chi connectivity index (χ1n) is 7.87. The quantitative estimate of drug-likeness (QED) is 0.739. The third kappa shape index (κ3) is 2.37. The number of nitrogens with one attached hydrogen (secondary N) is 1. The summed E-state index contributed by atoms with van der Waals surface area (Å²) in [4.78, 5) is 21.6. The second kappa shape index (κ2) is 5.92. The number of aromatic nitrogens is 4. The highest BCUT2D eigenvalue weighted by Crippen LogP contribution is 2.25. The highest BCUT2D eigenvalue weighted by Gasteiger charge is 2.25. The van der Waals surface area contributed by atoms with E-state index in [1.165, 1.54) is 6.33 Å². The molecule has 1 atom stereocenters. The first-order valence-corrected chi connectivity index (χ1v) is 8.24. The topological polar surface area (TPSA) is 90.8 Å². The van der Waals surface area contributed by atoms with E-state index in [0.29, 0.717) is 21.9 Å².